The SMILES string of the molecule is O=C(COc1cccc(C(F)(F)F)c1)Nc1ccc2ccccc2c1. The number of amides is 1. The first kappa shape index (κ1) is 16.8. The van der Waals surface area contributed by atoms with Crippen molar-refractivity contribution in [1.29, 1.82) is 0 Å². The fraction of sp³-hybridized carbons (Fsp3) is 0.105. The Morgan fingerprint density at radius 2 is 1.68 bits per heavy atom. The predicted molar refractivity (Wildman–Crippen MR) is 89.5 cm³/mol. The zero-order valence-electron chi connectivity index (χ0n) is 13.0. The highest BCUT2D eigenvalue weighted by atomic mass is 19.4. The smallest absolute Gasteiger partial charge is 0.416 e. The van der Waals surface area contributed by atoms with Gasteiger partial charge in [0.05, 0.1) is 5.56 Å². The van der Waals surface area contributed by atoms with Crippen molar-refractivity contribution in [2.45, 2.75) is 6.18 Å². The van der Waals surface area contributed by atoms with E-state index in [9.17, 15) is 18.0 Å². The average molecular weight is 345 g/mol. The molecule has 0 fully saturated rings. The summed E-state index contributed by atoms with van der Waals surface area (Å²) in [4.78, 5) is 11.9. The standard InChI is InChI=1S/C19H14F3NO2/c20-19(21,22)15-6-3-7-17(11-15)25-12-18(24)23-16-9-8-13-4-1-2-5-14(13)10-16/h1-11H,12H2,(H,23,24). The molecule has 0 bridgehead atoms. The Morgan fingerprint density at radius 1 is 0.920 bits per heavy atom. The van der Waals surface area contributed by atoms with Crippen LogP contribution in [0.2, 0.25) is 0 Å². The van der Waals surface area contributed by atoms with Gasteiger partial charge in [-0.3, -0.25) is 4.79 Å². The summed E-state index contributed by atoms with van der Waals surface area (Å²) in [6, 6.07) is 17.6. The Morgan fingerprint density at radius 3 is 2.44 bits per heavy atom. The van der Waals surface area contributed by atoms with Gasteiger partial charge in [0.15, 0.2) is 6.61 Å². The molecule has 0 aromatic heterocycles. The van der Waals surface area contributed by atoms with Crippen molar-refractivity contribution in [3.8, 4) is 5.75 Å². The van der Waals surface area contributed by atoms with Gasteiger partial charge in [-0.05, 0) is 41.1 Å². The van der Waals surface area contributed by atoms with Crippen molar-refractivity contribution in [1.82, 2.24) is 0 Å². The van der Waals surface area contributed by atoms with E-state index in [1.54, 1.807) is 6.07 Å². The molecule has 0 saturated carbocycles. The Bertz CT molecular complexity index is 906. The van der Waals surface area contributed by atoms with Crippen molar-refractivity contribution in [2.24, 2.45) is 0 Å². The minimum absolute atomic E-state index is 0.0107. The van der Waals surface area contributed by atoms with Crippen LogP contribution in [0.15, 0.2) is 66.7 Å². The van der Waals surface area contributed by atoms with Gasteiger partial charge in [-0.1, -0.05) is 36.4 Å². The second-order valence-corrected chi connectivity index (χ2v) is 5.42. The Balaban J connectivity index is 1.62. The van der Waals surface area contributed by atoms with Crippen LogP contribution in [0.1, 0.15) is 5.56 Å². The quantitative estimate of drug-likeness (QED) is 0.732. The summed E-state index contributed by atoms with van der Waals surface area (Å²) >= 11 is 0. The average Bonchev–Trinajstić information content (AvgIpc) is 2.59. The van der Waals surface area contributed by atoms with Gasteiger partial charge < -0.3 is 10.1 Å². The number of nitrogens with one attached hydrogen (secondary N) is 1. The lowest BCUT2D eigenvalue weighted by Gasteiger charge is -2.11. The van der Waals surface area contributed by atoms with Crippen molar-refractivity contribution in [3.63, 3.8) is 0 Å². The first-order valence-electron chi connectivity index (χ1n) is 7.50. The third kappa shape index (κ3) is 4.29. The number of ether oxygens (including phenoxy) is 1. The molecule has 3 aromatic carbocycles. The third-order valence-corrected chi connectivity index (χ3v) is 3.56. The van der Waals surface area contributed by atoms with Gasteiger partial charge in [-0.2, -0.15) is 13.2 Å². The molecule has 0 spiro atoms. The van der Waals surface area contributed by atoms with Crippen molar-refractivity contribution in [3.05, 3.63) is 72.3 Å². The molecule has 25 heavy (non-hydrogen) atoms. The Kier molecular flexibility index (Phi) is 4.61. The summed E-state index contributed by atoms with van der Waals surface area (Å²) in [6.45, 7) is -0.381. The summed E-state index contributed by atoms with van der Waals surface area (Å²) in [5.41, 5.74) is -0.226. The maximum absolute atomic E-state index is 12.6. The lowest BCUT2D eigenvalue weighted by Crippen LogP contribution is -2.20. The van der Waals surface area contributed by atoms with E-state index in [1.807, 2.05) is 36.4 Å². The summed E-state index contributed by atoms with van der Waals surface area (Å²) in [7, 11) is 0. The number of rotatable bonds is 4. The number of fused-ring (bicyclic) bond motifs is 1. The van der Waals surface area contributed by atoms with Gasteiger partial charge in [-0.25, -0.2) is 0 Å². The molecule has 0 saturated heterocycles. The van der Waals surface area contributed by atoms with Crippen molar-refractivity contribution >= 4 is 22.4 Å². The third-order valence-electron chi connectivity index (χ3n) is 3.56. The molecular weight excluding hydrogens is 331 g/mol. The first-order chi connectivity index (χ1) is 11.9. The van der Waals surface area contributed by atoms with Gasteiger partial charge >= 0.3 is 6.18 Å². The second kappa shape index (κ2) is 6.84. The maximum atomic E-state index is 12.6. The van der Waals surface area contributed by atoms with Crippen LogP contribution in [0, 0.1) is 0 Å². The monoisotopic (exact) mass is 345 g/mol. The normalized spacial score (nSPS) is 11.3. The van der Waals surface area contributed by atoms with Crippen molar-refractivity contribution in [2.75, 3.05) is 11.9 Å². The highest BCUT2D eigenvalue weighted by Gasteiger charge is 2.30. The molecule has 0 aliphatic carbocycles. The number of anilines is 1. The maximum Gasteiger partial charge on any atom is 0.416 e. The van der Waals surface area contributed by atoms with E-state index in [2.05, 4.69) is 5.32 Å². The molecule has 1 N–H and O–H groups in total. The van der Waals surface area contributed by atoms with Gasteiger partial charge in [0.2, 0.25) is 0 Å². The predicted octanol–water partition coefficient (Wildman–Crippen LogP) is 4.88. The number of hydrogen-bond donors (Lipinski definition) is 1. The molecule has 0 unspecified atom stereocenters. The molecule has 0 aliphatic rings. The molecule has 0 heterocycles. The minimum Gasteiger partial charge on any atom is -0.484 e. The van der Waals surface area contributed by atoms with E-state index < -0.39 is 17.6 Å². The lowest BCUT2D eigenvalue weighted by molar-refractivity contribution is -0.137. The van der Waals surface area contributed by atoms with Crippen molar-refractivity contribution < 1.29 is 22.7 Å². The van der Waals surface area contributed by atoms with E-state index in [0.29, 0.717) is 5.69 Å². The van der Waals surface area contributed by atoms with Crippen LogP contribution in [-0.2, 0) is 11.0 Å². The number of halogens is 3. The molecule has 3 nitrogen and oxygen atoms in total. The number of benzene rings is 3. The van der Waals surface area contributed by atoms with Crippen LogP contribution in [0.4, 0.5) is 18.9 Å². The van der Waals surface area contributed by atoms with E-state index in [1.165, 1.54) is 12.1 Å². The van der Waals surface area contributed by atoms with E-state index in [4.69, 9.17) is 4.74 Å². The number of hydrogen-bond acceptors (Lipinski definition) is 2. The van der Waals surface area contributed by atoms with Crippen LogP contribution in [0.25, 0.3) is 10.8 Å². The Hall–Kier alpha value is -3.02. The summed E-state index contributed by atoms with van der Waals surface area (Å²) in [6.07, 6.45) is -4.45. The topological polar surface area (TPSA) is 38.3 Å². The summed E-state index contributed by atoms with van der Waals surface area (Å²) in [5, 5.41) is 4.68. The summed E-state index contributed by atoms with van der Waals surface area (Å²) < 4.78 is 43.1. The first-order valence-corrected chi connectivity index (χ1v) is 7.50. The second-order valence-electron chi connectivity index (χ2n) is 5.42. The molecular formula is C19H14F3NO2. The van der Waals surface area contributed by atoms with Crippen LogP contribution in [0.3, 0.4) is 0 Å². The number of carbonyl (C=O) groups excluding carboxylic acids is 1. The van der Waals surface area contributed by atoms with E-state index in [0.717, 1.165) is 22.9 Å². The minimum atomic E-state index is -4.45. The van der Waals surface area contributed by atoms with Crippen LogP contribution < -0.4 is 10.1 Å². The molecule has 3 aromatic rings. The van der Waals surface area contributed by atoms with Gasteiger partial charge in [0, 0.05) is 5.69 Å². The molecule has 0 atom stereocenters. The van der Waals surface area contributed by atoms with E-state index >= 15 is 0 Å². The molecule has 0 radical (unpaired) electrons. The van der Waals surface area contributed by atoms with Gasteiger partial charge in [-0.15, -0.1) is 0 Å². The van der Waals surface area contributed by atoms with E-state index in [-0.39, 0.29) is 12.4 Å². The van der Waals surface area contributed by atoms with Crippen LogP contribution >= 0.6 is 0 Å². The molecule has 128 valence electrons. The highest BCUT2D eigenvalue weighted by Crippen LogP contribution is 2.31. The van der Waals surface area contributed by atoms with Crippen LogP contribution in [0.5, 0.6) is 5.75 Å². The lowest BCUT2D eigenvalue weighted by atomic mass is 10.1. The largest absolute Gasteiger partial charge is 0.484 e. The zero-order chi connectivity index (χ0) is 17.9. The highest BCUT2D eigenvalue weighted by molar-refractivity contribution is 5.95. The number of alkyl halides is 3. The number of carbonyl (C=O) groups is 1. The van der Waals surface area contributed by atoms with Gasteiger partial charge in [0.1, 0.15) is 5.75 Å². The van der Waals surface area contributed by atoms with Gasteiger partial charge in [0.25, 0.3) is 5.91 Å². The molecule has 0 aliphatic heterocycles. The molecule has 3 rings (SSSR count). The fourth-order valence-electron chi connectivity index (χ4n) is 2.38. The van der Waals surface area contributed by atoms with Crippen LogP contribution in [-0.4, -0.2) is 12.5 Å². The summed E-state index contributed by atoms with van der Waals surface area (Å²) in [5.74, 6) is -0.462. The fourth-order valence-corrected chi connectivity index (χ4v) is 2.38. The Labute approximate surface area is 142 Å². The molecule has 1 amide bonds. The molecule has 6 heteroatoms. The zero-order valence-corrected chi connectivity index (χ0v) is 13.0.